The number of nitrogens with zero attached hydrogens (tertiary/aromatic N) is 1. The van der Waals surface area contributed by atoms with E-state index < -0.39 is 0 Å². The van der Waals surface area contributed by atoms with Gasteiger partial charge in [-0.05, 0) is 16.7 Å². The van der Waals surface area contributed by atoms with E-state index in [2.05, 4.69) is 27.7 Å². The molecule has 66 valence electrons. The first-order valence-electron chi connectivity index (χ1n) is 4.20. The Bertz CT molecular complexity index is 147. The fraction of sp³-hybridized carbons (Fsp3) is 1.00. The number of hydrogen-bond acceptors (Lipinski definition) is 2. The Labute approximate surface area is 69.2 Å². The molecule has 0 spiro atoms. The van der Waals surface area contributed by atoms with Gasteiger partial charge in [0.15, 0.2) is 0 Å². The fourth-order valence-corrected chi connectivity index (χ4v) is 2.05. The van der Waals surface area contributed by atoms with E-state index >= 15 is 0 Å². The fourth-order valence-electron chi connectivity index (χ4n) is 2.05. The van der Waals surface area contributed by atoms with E-state index in [1.54, 1.807) is 7.05 Å². The lowest BCUT2D eigenvalue weighted by Crippen LogP contribution is -2.18. The lowest BCUT2D eigenvalue weighted by Gasteiger charge is -2.08. The molecule has 1 N–H and O–H groups in total. The largest absolute Gasteiger partial charge is 0.314 e. The van der Waals surface area contributed by atoms with Crippen LogP contribution in [0, 0.1) is 16.7 Å². The van der Waals surface area contributed by atoms with Crippen molar-refractivity contribution in [2.24, 2.45) is 16.7 Å². The van der Waals surface area contributed by atoms with Gasteiger partial charge in [0.2, 0.25) is 0 Å². The monoisotopic (exact) mass is 157 g/mol. The summed E-state index contributed by atoms with van der Waals surface area (Å²) in [6, 6.07) is 0. The second-order valence-electron chi connectivity index (χ2n) is 4.84. The van der Waals surface area contributed by atoms with Crippen LogP contribution in [0.25, 0.3) is 0 Å². The average molecular weight is 157 g/mol. The highest BCUT2D eigenvalue weighted by atomic mass is 16.5. The first-order chi connectivity index (χ1) is 4.80. The molecule has 0 aromatic rings. The van der Waals surface area contributed by atoms with Gasteiger partial charge in [-0.3, -0.25) is 0 Å². The van der Waals surface area contributed by atoms with Crippen molar-refractivity contribution in [1.29, 1.82) is 0 Å². The molecule has 0 amide bonds. The van der Waals surface area contributed by atoms with Gasteiger partial charge < -0.3 is 5.21 Å². The Balaban J connectivity index is 2.54. The summed E-state index contributed by atoms with van der Waals surface area (Å²) in [5.74, 6) is 0.630. The summed E-state index contributed by atoms with van der Waals surface area (Å²) in [5, 5.41) is 10.4. The lowest BCUT2D eigenvalue weighted by atomic mass is 10.0. The smallest absolute Gasteiger partial charge is 0.0273 e. The molecule has 0 bridgehead atoms. The Morgan fingerprint density at radius 2 is 1.55 bits per heavy atom. The molecule has 0 heterocycles. The van der Waals surface area contributed by atoms with Crippen molar-refractivity contribution < 1.29 is 5.21 Å². The van der Waals surface area contributed by atoms with Gasteiger partial charge in [0.25, 0.3) is 0 Å². The molecule has 1 saturated carbocycles. The summed E-state index contributed by atoms with van der Waals surface area (Å²) in [6.07, 6.45) is 0. The normalized spacial score (nSPS) is 27.5. The number of rotatable bonds is 2. The Morgan fingerprint density at radius 3 is 1.64 bits per heavy atom. The molecular formula is C9H19NO. The molecule has 0 unspecified atom stereocenters. The molecule has 1 rings (SSSR count). The highest BCUT2D eigenvalue weighted by Gasteiger charge is 2.64. The van der Waals surface area contributed by atoms with Crippen molar-refractivity contribution in [2.75, 3.05) is 13.6 Å². The molecule has 0 atom stereocenters. The molecular weight excluding hydrogens is 138 g/mol. The predicted molar refractivity (Wildman–Crippen MR) is 45.5 cm³/mol. The van der Waals surface area contributed by atoms with Crippen LogP contribution in [-0.4, -0.2) is 23.9 Å². The molecule has 0 aromatic carbocycles. The summed E-state index contributed by atoms with van der Waals surface area (Å²) in [5.41, 5.74) is 0.786. The van der Waals surface area contributed by atoms with Crippen molar-refractivity contribution in [1.82, 2.24) is 5.06 Å². The van der Waals surface area contributed by atoms with Crippen LogP contribution in [0.1, 0.15) is 27.7 Å². The third-order valence-corrected chi connectivity index (χ3v) is 3.77. The molecule has 2 nitrogen and oxygen atoms in total. The van der Waals surface area contributed by atoms with Gasteiger partial charge >= 0.3 is 0 Å². The third-order valence-electron chi connectivity index (χ3n) is 3.77. The van der Waals surface area contributed by atoms with Crippen LogP contribution in [0.5, 0.6) is 0 Å². The lowest BCUT2D eigenvalue weighted by molar-refractivity contribution is -0.0719. The van der Waals surface area contributed by atoms with Crippen LogP contribution in [0.4, 0.5) is 0 Å². The van der Waals surface area contributed by atoms with Crippen LogP contribution in [0.3, 0.4) is 0 Å². The van der Waals surface area contributed by atoms with Gasteiger partial charge in [-0.25, -0.2) is 0 Å². The molecule has 0 radical (unpaired) electrons. The van der Waals surface area contributed by atoms with Crippen molar-refractivity contribution in [3.05, 3.63) is 0 Å². The Kier molecular flexibility index (Phi) is 1.81. The van der Waals surface area contributed by atoms with Gasteiger partial charge in [-0.2, -0.15) is 5.06 Å². The quantitative estimate of drug-likeness (QED) is 0.620. The third kappa shape index (κ3) is 1.18. The van der Waals surface area contributed by atoms with Crippen LogP contribution in [0.15, 0.2) is 0 Å². The minimum atomic E-state index is 0.393. The van der Waals surface area contributed by atoms with E-state index in [4.69, 9.17) is 5.21 Å². The molecule has 0 aromatic heterocycles. The SMILES string of the molecule is CN(O)CC1C(C)(C)C1(C)C. The average Bonchev–Trinajstić information content (AvgIpc) is 2.11. The molecule has 1 fully saturated rings. The summed E-state index contributed by atoms with van der Waals surface area (Å²) in [4.78, 5) is 0. The van der Waals surface area contributed by atoms with Gasteiger partial charge in [-0.1, -0.05) is 27.7 Å². The van der Waals surface area contributed by atoms with Crippen LogP contribution >= 0.6 is 0 Å². The maximum Gasteiger partial charge on any atom is 0.0273 e. The van der Waals surface area contributed by atoms with Gasteiger partial charge in [-0.15, -0.1) is 0 Å². The summed E-state index contributed by atoms with van der Waals surface area (Å²) >= 11 is 0. The Morgan fingerprint density at radius 1 is 1.18 bits per heavy atom. The maximum atomic E-state index is 9.06. The highest BCUT2D eigenvalue weighted by Crippen LogP contribution is 2.68. The highest BCUT2D eigenvalue weighted by molar-refractivity contribution is 5.12. The molecule has 11 heavy (non-hydrogen) atoms. The van der Waals surface area contributed by atoms with E-state index in [0.717, 1.165) is 6.54 Å². The van der Waals surface area contributed by atoms with E-state index in [0.29, 0.717) is 16.7 Å². The van der Waals surface area contributed by atoms with E-state index in [-0.39, 0.29) is 0 Å². The zero-order valence-electron chi connectivity index (χ0n) is 8.18. The zero-order chi connectivity index (χ0) is 8.86. The topological polar surface area (TPSA) is 23.5 Å². The van der Waals surface area contributed by atoms with E-state index in [1.807, 2.05) is 0 Å². The van der Waals surface area contributed by atoms with Crippen LogP contribution in [0.2, 0.25) is 0 Å². The second kappa shape index (κ2) is 2.20. The van der Waals surface area contributed by atoms with E-state index in [1.165, 1.54) is 5.06 Å². The minimum absolute atomic E-state index is 0.393. The number of hydroxylamine groups is 2. The van der Waals surface area contributed by atoms with Gasteiger partial charge in [0.1, 0.15) is 0 Å². The van der Waals surface area contributed by atoms with Gasteiger partial charge in [0.05, 0.1) is 0 Å². The number of hydrogen-bond donors (Lipinski definition) is 1. The first-order valence-corrected chi connectivity index (χ1v) is 4.20. The molecule has 0 aliphatic heterocycles. The molecule has 1 aliphatic rings. The van der Waals surface area contributed by atoms with Crippen molar-refractivity contribution in [3.8, 4) is 0 Å². The van der Waals surface area contributed by atoms with Gasteiger partial charge in [0, 0.05) is 13.6 Å². The molecule has 1 aliphatic carbocycles. The zero-order valence-corrected chi connectivity index (χ0v) is 8.18. The van der Waals surface area contributed by atoms with Crippen molar-refractivity contribution >= 4 is 0 Å². The van der Waals surface area contributed by atoms with Crippen LogP contribution < -0.4 is 0 Å². The summed E-state index contributed by atoms with van der Waals surface area (Å²) in [6.45, 7) is 9.85. The summed E-state index contributed by atoms with van der Waals surface area (Å²) in [7, 11) is 1.71. The van der Waals surface area contributed by atoms with Crippen LogP contribution in [-0.2, 0) is 0 Å². The van der Waals surface area contributed by atoms with Crippen molar-refractivity contribution in [2.45, 2.75) is 27.7 Å². The maximum absolute atomic E-state index is 9.06. The van der Waals surface area contributed by atoms with Crippen molar-refractivity contribution in [3.63, 3.8) is 0 Å². The molecule has 2 heteroatoms. The molecule has 0 saturated heterocycles. The Hall–Kier alpha value is -0.0800. The minimum Gasteiger partial charge on any atom is -0.314 e. The standard InChI is InChI=1S/C9H19NO/c1-8(2)7(6-10(5)11)9(8,3)4/h7,11H,6H2,1-5H3. The predicted octanol–water partition coefficient (Wildman–Crippen LogP) is 1.99. The first kappa shape index (κ1) is 9.01. The summed E-state index contributed by atoms with van der Waals surface area (Å²) < 4.78 is 0. The second-order valence-corrected chi connectivity index (χ2v) is 4.84. The van der Waals surface area contributed by atoms with E-state index in [9.17, 15) is 0 Å².